The van der Waals surface area contributed by atoms with Crippen LogP contribution in [0.15, 0.2) is 36.8 Å². The van der Waals surface area contributed by atoms with E-state index in [1.807, 2.05) is 36.7 Å². The molecule has 36 heavy (non-hydrogen) atoms. The Kier molecular flexibility index (Phi) is 6.28. The summed E-state index contributed by atoms with van der Waals surface area (Å²) in [5.74, 6) is 0.929. The summed E-state index contributed by atoms with van der Waals surface area (Å²) in [6, 6.07) is 8.26. The smallest absolute Gasteiger partial charge is 0.247 e. The number of benzene rings is 1. The molecule has 4 aromatic rings. The maximum atomic E-state index is 6.04. The molecule has 2 fully saturated rings. The quantitative estimate of drug-likeness (QED) is 0.417. The lowest BCUT2D eigenvalue weighted by molar-refractivity contribution is -0.0298. The third-order valence-electron chi connectivity index (χ3n) is 6.64. The third kappa shape index (κ3) is 4.54. The van der Waals surface area contributed by atoms with Crippen LogP contribution in [0.1, 0.15) is 39.3 Å². The number of aromatic nitrogens is 5. The molecule has 6 rings (SSSR count). The predicted molar refractivity (Wildman–Crippen MR) is 140 cm³/mol. The minimum atomic E-state index is -0.0771. The maximum absolute atomic E-state index is 6.04. The topological polar surface area (TPSA) is 102 Å². The minimum Gasteiger partial charge on any atom is -0.473 e. The number of fused-ring (bicyclic) bond motifs is 2. The molecule has 0 aliphatic carbocycles. The molecule has 0 radical (unpaired) electrons. The van der Waals surface area contributed by atoms with Gasteiger partial charge in [-0.15, -0.1) is 0 Å². The Labute approximate surface area is 210 Å². The van der Waals surface area contributed by atoms with Crippen molar-refractivity contribution in [1.29, 1.82) is 0 Å². The van der Waals surface area contributed by atoms with Crippen molar-refractivity contribution in [2.75, 3.05) is 43.0 Å². The standard InChI is InChI=1S/C26H32N8O2/c1-17(2)36-25-23-24(34(16-29-23)22-5-3-4-14-35-22)31-26(32-25)30-18-6-7-20-19(15-18)21(8-9-28-20)33-12-10-27-11-13-33/h6-9,15-17,22,27H,3-5,10-14H2,1-2H3,(H,30,31,32). The Bertz CT molecular complexity index is 1360. The van der Waals surface area contributed by atoms with Gasteiger partial charge in [0.15, 0.2) is 11.2 Å². The van der Waals surface area contributed by atoms with Crippen LogP contribution in [0.5, 0.6) is 5.88 Å². The number of hydrogen-bond acceptors (Lipinski definition) is 9. The molecule has 0 bridgehead atoms. The second-order valence-corrected chi connectivity index (χ2v) is 9.59. The van der Waals surface area contributed by atoms with Gasteiger partial charge in [0, 0.05) is 55.7 Å². The zero-order chi connectivity index (χ0) is 24.5. The SMILES string of the molecule is CC(C)Oc1nc(Nc2ccc3nccc(N4CCNCC4)c3c2)nc2c1ncn2C1CCCCO1. The van der Waals surface area contributed by atoms with E-state index >= 15 is 0 Å². The summed E-state index contributed by atoms with van der Waals surface area (Å²) in [4.78, 5) is 21.1. The maximum Gasteiger partial charge on any atom is 0.247 e. The van der Waals surface area contributed by atoms with Crippen LogP contribution in [0.3, 0.4) is 0 Å². The average molecular weight is 489 g/mol. The molecule has 1 aromatic carbocycles. The molecule has 1 unspecified atom stereocenters. The lowest BCUT2D eigenvalue weighted by atomic mass is 10.1. The van der Waals surface area contributed by atoms with Gasteiger partial charge in [-0.2, -0.15) is 9.97 Å². The Morgan fingerprint density at radius 1 is 1.11 bits per heavy atom. The van der Waals surface area contributed by atoms with Gasteiger partial charge in [0.1, 0.15) is 6.23 Å². The zero-order valence-corrected chi connectivity index (χ0v) is 20.8. The van der Waals surface area contributed by atoms with Crippen molar-refractivity contribution in [2.45, 2.75) is 45.4 Å². The Hall–Kier alpha value is -3.50. The fourth-order valence-electron chi connectivity index (χ4n) is 4.93. The molecule has 0 saturated carbocycles. The molecule has 2 N–H and O–H groups in total. The summed E-state index contributed by atoms with van der Waals surface area (Å²) >= 11 is 0. The van der Waals surface area contributed by atoms with Crippen molar-refractivity contribution < 1.29 is 9.47 Å². The molecule has 3 aromatic heterocycles. The van der Waals surface area contributed by atoms with Crippen LogP contribution in [-0.4, -0.2) is 63.4 Å². The van der Waals surface area contributed by atoms with Gasteiger partial charge in [-0.05, 0) is 57.4 Å². The van der Waals surface area contributed by atoms with E-state index in [0.29, 0.717) is 23.0 Å². The first kappa shape index (κ1) is 22.9. The van der Waals surface area contributed by atoms with E-state index in [1.54, 1.807) is 6.33 Å². The predicted octanol–water partition coefficient (Wildman–Crippen LogP) is 4.01. The number of rotatable bonds is 6. The van der Waals surface area contributed by atoms with E-state index < -0.39 is 0 Å². The Balaban J connectivity index is 1.38. The van der Waals surface area contributed by atoms with E-state index in [1.165, 1.54) is 5.69 Å². The highest BCUT2D eigenvalue weighted by atomic mass is 16.5. The molecular formula is C26H32N8O2. The highest BCUT2D eigenvalue weighted by molar-refractivity contribution is 5.94. The van der Waals surface area contributed by atoms with Crippen LogP contribution in [-0.2, 0) is 4.74 Å². The zero-order valence-electron chi connectivity index (χ0n) is 20.8. The molecule has 0 amide bonds. The van der Waals surface area contributed by atoms with Crippen molar-refractivity contribution in [3.05, 3.63) is 36.8 Å². The summed E-state index contributed by atoms with van der Waals surface area (Å²) in [5.41, 5.74) is 4.40. The number of hydrogen-bond donors (Lipinski definition) is 2. The highest BCUT2D eigenvalue weighted by Crippen LogP contribution is 2.32. The summed E-state index contributed by atoms with van der Waals surface area (Å²) in [5, 5.41) is 7.93. The second kappa shape index (κ2) is 9.87. The summed E-state index contributed by atoms with van der Waals surface area (Å²) in [6.07, 6.45) is 6.69. The largest absolute Gasteiger partial charge is 0.473 e. The summed E-state index contributed by atoms with van der Waals surface area (Å²) < 4.78 is 14.1. The van der Waals surface area contributed by atoms with Gasteiger partial charge in [0.05, 0.1) is 17.9 Å². The van der Waals surface area contributed by atoms with Crippen molar-refractivity contribution in [1.82, 2.24) is 29.8 Å². The van der Waals surface area contributed by atoms with Crippen LogP contribution in [0.25, 0.3) is 22.1 Å². The molecule has 10 nitrogen and oxygen atoms in total. The highest BCUT2D eigenvalue weighted by Gasteiger charge is 2.22. The first-order valence-electron chi connectivity index (χ1n) is 12.8. The van der Waals surface area contributed by atoms with Gasteiger partial charge in [0.2, 0.25) is 11.8 Å². The van der Waals surface area contributed by atoms with Gasteiger partial charge in [-0.25, -0.2) is 4.98 Å². The second-order valence-electron chi connectivity index (χ2n) is 9.59. The summed E-state index contributed by atoms with van der Waals surface area (Å²) in [6.45, 7) is 8.61. The van der Waals surface area contributed by atoms with Crippen LogP contribution < -0.4 is 20.3 Å². The fourth-order valence-corrected chi connectivity index (χ4v) is 4.93. The van der Waals surface area contributed by atoms with Gasteiger partial charge in [-0.3, -0.25) is 9.55 Å². The number of piperazine rings is 1. The van der Waals surface area contributed by atoms with Gasteiger partial charge >= 0.3 is 0 Å². The third-order valence-corrected chi connectivity index (χ3v) is 6.64. The van der Waals surface area contributed by atoms with Crippen LogP contribution >= 0.6 is 0 Å². The number of nitrogens with one attached hydrogen (secondary N) is 2. The van der Waals surface area contributed by atoms with Crippen molar-refractivity contribution in [3.8, 4) is 5.88 Å². The number of anilines is 3. The number of imidazole rings is 1. The van der Waals surface area contributed by atoms with Crippen LogP contribution in [0, 0.1) is 0 Å². The van der Waals surface area contributed by atoms with Crippen LogP contribution in [0.4, 0.5) is 17.3 Å². The molecular weight excluding hydrogens is 456 g/mol. The first-order chi connectivity index (χ1) is 17.7. The number of pyridine rings is 1. The Morgan fingerprint density at radius 3 is 2.81 bits per heavy atom. The molecule has 0 spiro atoms. The van der Waals surface area contributed by atoms with Crippen molar-refractivity contribution >= 4 is 39.4 Å². The van der Waals surface area contributed by atoms with E-state index in [0.717, 1.165) is 68.6 Å². The van der Waals surface area contributed by atoms with E-state index in [9.17, 15) is 0 Å². The monoisotopic (exact) mass is 488 g/mol. The molecule has 1 atom stereocenters. The number of nitrogens with zero attached hydrogens (tertiary/aromatic N) is 6. The average Bonchev–Trinajstić information content (AvgIpc) is 3.33. The lowest BCUT2D eigenvalue weighted by Crippen LogP contribution is -2.43. The van der Waals surface area contributed by atoms with E-state index in [-0.39, 0.29) is 12.3 Å². The lowest BCUT2D eigenvalue weighted by Gasteiger charge is -2.30. The van der Waals surface area contributed by atoms with Gasteiger partial charge in [0.25, 0.3) is 0 Å². The minimum absolute atomic E-state index is 0.0413. The van der Waals surface area contributed by atoms with Gasteiger partial charge < -0.3 is 25.0 Å². The fraction of sp³-hybridized carbons (Fsp3) is 0.462. The molecule has 188 valence electrons. The molecule has 2 saturated heterocycles. The van der Waals surface area contributed by atoms with E-state index in [2.05, 4.69) is 37.6 Å². The van der Waals surface area contributed by atoms with E-state index in [4.69, 9.17) is 19.4 Å². The molecule has 10 heteroatoms. The van der Waals surface area contributed by atoms with Crippen molar-refractivity contribution in [2.24, 2.45) is 0 Å². The van der Waals surface area contributed by atoms with Crippen molar-refractivity contribution in [3.63, 3.8) is 0 Å². The van der Waals surface area contributed by atoms with Gasteiger partial charge in [-0.1, -0.05) is 0 Å². The molecule has 2 aliphatic heterocycles. The summed E-state index contributed by atoms with van der Waals surface area (Å²) in [7, 11) is 0. The normalized spacial score (nSPS) is 18.8. The molecule has 5 heterocycles. The first-order valence-corrected chi connectivity index (χ1v) is 12.8. The molecule has 2 aliphatic rings. The van der Waals surface area contributed by atoms with Crippen LogP contribution in [0.2, 0.25) is 0 Å². The Morgan fingerprint density at radius 2 is 2.00 bits per heavy atom. The number of ether oxygens (including phenoxy) is 2.